The van der Waals surface area contributed by atoms with Gasteiger partial charge in [-0.05, 0) is 41.4 Å². The van der Waals surface area contributed by atoms with E-state index in [1.807, 2.05) is 0 Å². The summed E-state index contributed by atoms with van der Waals surface area (Å²) in [6, 6.07) is 2.01. The summed E-state index contributed by atoms with van der Waals surface area (Å²) in [5, 5.41) is 6.25. The molecule has 2 N–H and O–H groups in total. The molecule has 0 bridgehead atoms. The van der Waals surface area contributed by atoms with Crippen LogP contribution in [-0.2, 0) is 0 Å². The molecule has 0 spiro atoms. The standard InChI is InChI=1S/C11H15N3S2/c1-6(2)10-11(16-14-13-10)9(12)8-4-5-15-7(8)3/h4-6,9H,12H2,1-3H3. The number of hydrogen-bond donors (Lipinski definition) is 1. The SMILES string of the molecule is Cc1sccc1C(N)c1snnc1C(C)C. The van der Waals surface area contributed by atoms with Crippen LogP contribution in [0.2, 0.25) is 0 Å². The van der Waals surface area contributed by atoms with Gasteiger partial charge in [0.15, 0.2) is 0 Å². The summed E-state index contributed by atoms with van der Waals surface area (Å²) in [5.74, 6) is 0.374. The predicted octanol–water partition coefficient (Wildman–Crippen LogP) is 3.08. The van der Waals surface area contributed by atoms with Crippen LogP contribution >= 0.6 is 22.9 Å². The van der Waals surface area contributed by atoms with Crippen LogP contribution in [0.5, 0.6) is 0 Å². The molecule has 0 saturated carbocycles. The molecule has 0 aromatic carbocycles. The number of rotatable bonds is 3. The first-order valence-electron chi connectivity index (χ1n) is 5.23. The number of thiophene rings is 1. The Kier molecular flexibility index (Phi) is 3.37. The van der Waals surface area contributed by atoms with Crippen molar-refractivity contribution in [3.8, 4) is 0 Å². The Morgan fingerprint density at radius 1 is 1.38 bits per heavy atom. The molecular weight excluding hydrogens is 238 g/mol. The van der Waals surface area contributed by atoms with Gasteiger partial charge in [0.2, 0.25) is 0 Å². The first-order chi connectivity index (χ1) is 7.61. The number of nitrogens with two attached hydrogens (primary N) is 1. The minimum absolute atomic E-state index is 0.0800. The fourth-order valence-corrected chi connectivity index (χ4v) is 3.26. The highest BCUT2D eigenvalue weighted by molar-refractivity contribution is 7.10. The number of nitrogens with zero attached hydrogens (tertiary/aromatic N) is 2. The highest BCUT2D eigenvalue weighted by atomic mass is 32.1. The average Bonchev–Trinajstić information content (AvgIpc) is 2.84. The van der Waals surface area contributed by atoms with Crippen LogP contribution in [0.25, 0.3) is 0 Å². The van der Waals surface area contributed by atoms with E-state index >= 15 is 0 Å². The quantitative estimate of drug-likeness (QED) is 0.914. The number of hydrogen-bond acceptors (Lipinski definition) is 5. The largest absolute Gasteiger partial charge is 0.319 e. The maximum atomic E-state index is 6.28. The zero-order valence-corrected chi connectivity index (χ0v) is 11.2. The molecule has 0 amide bonds. The second-order valence-electron chi connectivity index (χ2n) is 4.09. The van der Waals surface area contributed by atoms with Crippen molar-refractivity contribution < 1.29 is 0 Å². The molecule has 5 heteroatoms. The Hall–Kier alpha value is -0.780. The summed E-state index contributed by atoms with van der Waals surface area (Å²) < 4.78 is 4.02. The monoisotopic (exact) mass is 253 g/mol. The van der Waals surface area contributed by atoms with E-state index in [1.54, 1.807) is 11.3 Å². The first kappa shape index (κ1) is 11.7. The van der Waals surface area contributed by atoms with Gasteiger partial charge < -0.3 is 5.73 Å². The molecule has 3 nitrogen and oxygen atoms in total. The van der Waals surface area contributed by atoms with Crippen molar-refractivity contribution >= 4 is 22.9 Å². The Balaban J connectivity index is 2.38. The van der Waals surface area contributed by atoms with Crippen LogP contribution in [-0.4, -0.2) is 9.59 Å². The summed E-state index contributed by atoms with van der Waals surface area (Å²) in [6.07, 6.45) is 0. The zero-order valence-electron chi connectivity index (χ0n) is 9.60. The molecule has 0 aliphatic heterocycles. The van der Waals surface area contributed by atoms with Crippen LogP contribution in [0.3, 0.4) is 0 Å². The Morgan fingerprint density at radius 2 is 2.12 bits per heavy atom. The van der Waals surface area contributed by atoms with Crippen molar-refractivity contribution in [1.29, 1.82) is 0 Å². The molecule has 0 saturated heterocycles. The van der Waals surface area contributed by atoms with Gasteiger partial charge in [-0.1, -0.05) is 18.3 Å². The van der Waals surface area contributed by atoms with Gasteiger partial charge in [0, 0.05) is 4.88 Å². The molecule has 0 fully saturated rings. The van der Waals surface area contributed by atoms with Gasteiger partial charge in [-0.2, -0.15) is 0 Å². The molecule has 2 heterocycles. The highest BCUT2D eigenvalue weighted by Gasteiger charge is 2.20. The minimum atomic E-state index is -0.0800. The van der Waals surface area contributed by atoms with Crippen LogP contribution < -0.4 is 5.73 Å². The molecule has 1 unspecified atom stereocenters. The molecule has 86 valence electrons. The third kappa shape index (κ3) is 2.03. The van der Waals surface area contributed by atoms with Crippen LogP contribution in [0.4, 0.5) is 0 Å². The molecule has 0 aliphatic rings. The van der Waals surface area contributed by atoms with E-state index in [-0.39, 0.29) is 6.04 Å². The van der Waals surface area contributed by atoms with Crippen molar-refractivity contribution in [2.24, 2.45) is 5.73 Å². The molecule has 2 rings (SSSR count). The molecule has 0 aliphatic carbocycles. The van der Waals surface area contributed by atoms with Crippen LogP contribution in [0.15, 0.2) is 11.4 Å². The Labute approximate surface area is 103 Å². The second kappa shape index (κ2) is 4.61. The zero-order chi connectivity index (χ0) is 11.7. The van der Waals surface area contributed by atoms with E-state index in [0.717, 1.165) is 10.6 Å². The summed E-state index contributed by atoms with van der Waals surface area (Å²) in [5.41, 5.74) is 8.50. The van der Waals surface area contributed by atoms with Gasteiger partial charge in [-0.3, -0.25) is 0 Å². The van der Waals surface area contributed by atoms with Gasteiger partial charge in [-0.15, -0.1) is 16.4 Å². The highest BCUT2D eigenvalue weighted by Crippen LogP contribution is 2.32. The lowest BCUT2D eigenvalue weighted by Gasteiger charge is -2.12. The van der Waals surface area contributed by atoms with Crippen LogP contribution in [0.1, 0.15) is 46.8 Å². The van der Waals surface area contributed by atoms with Crippen molar-refractivity contribution in [2.75, 3.05) is 0 Å². The fraction of sp³-hybridized carbons (Fsp3) is 0.455. The summed E-state index contributed by atoms with van der Waals surface area (Å²) in [4.78, 5) is 2.37. The molecule has 16 heavy (non-hydrogen) atoms. The third-order valence-electron chi connectivity index (χ3n) is 2.60. The maximum Gasteiger partial charge on any atom is 0.0832 e. The lowest BCUT2D eigenvalue weighted by Crippen LogP contribution is -2.13. The van der Waals surface area contributed by atoms with Gasteiger partial charge in [0.1, 0.15) is 0 Å². The van der Waals surface area contributed by atoms with Gasteiger partial charge >= 0.3 is 0 Å². The van der Waals surface area contributed by atoms with Gasteiger partial charge in [0.05, 0.1) is 16.6 Å². The van der Waals surface area contributed by atoms with E-state index in [4.69, 9.17) is 5.73 Å². The lowest BCUT2D eigenvalue weighted by atomic mass is 10.0. The van der Waals surface area contributed by atoms with E-state index in [9.17, 15) is 0 Å². The Bertz CT molecular complexity index is 473. The average molecular weight is 253 g/mol. The fourth-order valence-electron chi connectivity index (χ4n) is 1.68. The van der Waals surface area contributed by atoms with Gasteiger partial charge in [-0.25, -0.2) is 0 Å². The van der Waals surface area contributed by atoms with Crippen LogP contribution in [0, 0.1) is 6.92 Å². The van der Waals surface area contributed by atoms with Gasteiger partial charge in [0.25, 0.3) is 0 Å². The van der Waals surface area contributed by atoms with E-state index in [1.165, 1.54) is 22.0 Å². The maximum absolute atomic E-state index is 6.28. The minimum Gasteiger partial charge on any atom is -0.319 e. The first-order valence-corrected chi connectivity index (χ1v) is 6.88. The van der Waals surface area contributed by atoms with Crippen molar-refractivity contribution in [3.63, 3.8) is 0 Å². The Morgan fingerprint density at radius 3 is 2.69 bits per heavy atom. The van der Waals surface area contributed by atoms with Crippen molar-refractivity contribution in [1.82, 2.24) is 9.59 Å². The summed E-state index contributed by atoms with van der Waals surface area (Å²) in [7, 11) is 0. The molecular formula is C11H15N3S2. The third-order valence-corrected chi connectivity index (χ3v) is 4.29. The number of aryl methyl sites for hydroxylation is 1. The molecule has 1 atom stereocenters. The smallest absolute Gasteiger partial charge is 0.0832 e. The van der Waals surface area contributed by atoms with E-state index in [2.05, 4.69) is 41.8 Å². The topological polar surface area (TPSA) is 51.8 Å². The van der Waals surface area contributed by atoms with Crippen molar-refractivity contribution in [2.45, 2.75) is 32.7 Å². The summed E-state index contributed by atoms with van der Waals surface area (Å²) >= 11 is 3.14. The predicted molar refractivity (Wildman–Crippen MR) is 69.1 cm³/mol. The molecule has 2 aromatic heterocycles. The summed E-state index contributed by atoms with van der Waals surface area (Å²) in [6.45, 7) is 6.34. The lowest BCUT2D eigenvalue weighted by molar-refractivity contribution is 0.770. The van der Waals surface area contributed by atoms with Crippen molar-refractivity contribution in [3.05, 3.63) is 32.5 Å². The molecule has 2 aromatic rings. The second-order valence-corrected chi connectivity index (χ2v) is 5.99. The number of aromatic nitrogens is 2. The normalized spacial score (nSPS) is 13.3. The molecule has 0 radical (unpaired) electrons. The van der Waals surface area contributed by atoms with E-state index < -0.39 is 0 Å². The van der Waals surface area contributed by atoms with E-state index in [0.29, 0.717) is 5.92 Å².